The fourth-order valence-electron chi connectivity index (χ4n) is 3.71. The summed E-state index contributed by atoms with van der Waals surface area (Å²) in [5.41, 5.74) is 0.391. The van der Waals surface area contributed by atoms with E-state index in [1.54, 1.807) is 29.7 Å². The lowest BCUT2D eigenvalue weighted by Crippen LogP contribution is -2.29. The van der Waals surface area contributed by atoms with E-state index in [2.05, 4.69) is 4.98 Å². The van der Waals surface area contributed by atoms with Crippen LogP contribution in [0.4, 0.5) is 8.78 Å². The van der Waals surface area contributed by atoms with Crippen molar-refractivity contribution in [3.05, 3.63) is 87.5 Å². The number of thiophene rings is 1. The predicted octanol–water partition coefficient (Wildman–Crippen LogP) is 5.08. The Morgan fingerprint density at radius 2 is 1.94 bits per heavy atom. The number of carbonyl (C=O) groups is 1. The molecule has 4 aromatic rings. The number of aliphatic hydroxyl groups is 1. The number of benzene rings is 1. The first-order valence-electron chi connectivity index (χ1n) is 10.1. The van der Waals surface area contributed by atoms with E-state index in [-0.39, 0.29) is 31.0 Å². The molecule has 5 nitrogen and oxygen atoms in total. The van der Waals surface area contributed by atoms with Crippen LogP contribution < -0.4 is 4.74 Å². The first kappa shape index (κ1) is 22.1. The van der Waals surface area contributed by atoms with E-state index in [0.29, 0.717) is 22.8 Å². The molecule has 1 aromatic carbocycles. The third-order valence-corrected chi connectivity index (χ3v) is 6.68. The zero-order valence-electron chi connectivity index (χ0n) is 17.6. The number of aromatic nitrogens is 2. The van der Waals surface area contributed by atoms with Gasteiger partial charge >= 0.3 is 0 Å². The van der Waals surface area contributed by atoms with E-state index < -0.39 is 17.0 Å². The molecule has 32 heavy (non-hydrogen) atoms. The number of pyridine rings is 1. The van der Waals surface area contributed by atoms with Crippen molar-refractivity contribution in [2.24, 2.45) is 0 Å². The van der Waals surface area contributed by atoms with E-state index >= 15 is 0 Å². The van der Waals surface area contributed by atoms with E-state index in [1.165, 1.54) is 29.5 Å². The normalized spacial score (nSPS) is 13.3. The van der Waals surface area contributed by atoms with Gasteiger partial charge in [-0.2, -0.15) is 0 Å². The number of halogens is 2. The molecule has 0 bridgehead atoms. The van der Waals surface area contributed by atoms with E-state index in [0.717, 1.165) is 4.88 Å². The number of hydrogen-bond acceptors (Lipinski definition) is 5. The quantitative estimate of drug-likeness (QED) is 0.376. The van der Waals surface area contributed by atoms with Crippen molar-refractivity contribution >= 4 is 22.8 Å². The lowest BCUT2D eigenvalue weighted by atomic mass is 9.83. The van der Waals surface area contributed by atoms with Gasteiger partial charge in [0.15, 0.2) is 17.2 Å². The molecule has 0 aliphatic rings. The van der Waals surface area contributed by atoms with Crippen LogP contribution in [0.15, 0.2) is 54.0 Å². The van der Waals surface area contributed by atoms with Crippen LogP contribution in [0.5, 0.6) is 5.75 Å². The van der Waals surface area contributed by atoms with Crippen LogP contribution in [0.3, 0.4) is 0 Å². The highest BCUT2D eigenvalue weighted by molar-refractivity contribution is 7.10. The molecule has 1 N–H and O–H groups in total. The summed E-state index contributed by atoms with van der Waals surface area (Å²) in [6.07, 6.45) is 1.80. The van der Waals surface area contributed by atoms with Crippen LogP contribution in [-0.4, -0.2) is 26.9 Å². The zero-order valence-corrected chi connectivity index (χ0v) is 18.5. The number of aliphatic hydroxyl groups excluding tert-OH is 1. The maximum absolute atomic E-state index is 13.9. The second-order valence-corrected chi connectivity index (χ2v) is 8.84. The highest BCUT2D eigenvalue weighted by Crippen LogP contribution is 2.33. The summed E-state index contributed by atoms with van der Waals surface area (Å²) in [4.78, 5) is 18.7. The summed E-state index contributed by atoms with van der Waals surface area (Å²) in [7, 11) is 0. The first-order valence-corrected chi connectivity index (χ1v) is 10.9. The minimum absolute atomic E-state index is 0.101. The number of ketones is 1. The van der Waals surface area contributed by atoms with Gasteiger partial charge in [-0.1, -0.05) is 19.1 Å². The SMILES string of the molecule is Cc1nc2c(OCc3c(F)cccc3F)cccn2c1C(=O)C[C@@](C)(CO)c1cccs1. The molecule has 0 fully saturated rings. The van der Waals surface area contributed by atoms with Crippen molar-refractivity contribution in [2.75, 3.05) is 6.61 Å². The monoisotopic (exact) mass is 456 g/mol. The number of ether oxygens (including phenoxy) is 1. The van der Waals surface area contributed by atoms with Gasteiger partial charge in [0.25, 0.3) is 0 Å². The largest absolute Gasteiger partial charge is 0.485 e. The highest BCUT2D eigenvalue weighted by Gasteiger charge is 2.32. The molecular weight excluding hydrogens is 434 g/mol. The molecule has 4 rings (SSSR count). The molecule has 8 heteroatoms. The Bertz CT molecular complexity index is 1250. The van der Waals surface area contributed by atoms with Gasteiger partial charge in [-0.05, 0) is 42.6 Å². The summed E-state index contributed by atoms with van der Waals surface area (Å²) < 4.78 is 35.2. The molecule has 3 aromatic heterocycles. The number of fused-ring (bicyclic) bond motifs is 1. The number of hydrogen-bond donors (Lipinski definition) is 1. The first-order chi connectivity index (χ1) is 15.3. The van der Waals surface area contributed by atoms with Crippen molar-refractivity contribution in [1.82, 2.24) is 9.38 Å². The van der Waals surface area contributed by atoms with Crippen molar-refractivity contribution in [3.63, 3.8) is 0 Å². The van der Waals surface area contributed by atoms with Gasteiger partial charge < -0.3 is 9.84 Å². The number of rotatable bonds is 8. The summed E-state index contributed by atoms with van der Waals surface area (Å²) in [6, 6.07) is 10.8. The predicted molar refractivity (Wildman–Crippen MR) is 118 cm³/mol. The Balaban J connectivity index is 1.64. The van der Waals surface area contributed by atoms with Gasteiger partial charge in [0.05, 0.1) is 17.9 Å². The van der Waals surface area contributed by atoms with Gasteiger partial charge in [0.1, 0.15) is 23.9 Å². The molecule has 0 unspecified atom stereocenters. The van der Waals surface area contributed by atoms with Crippen molar-refractivity contribution < 1.29 is 23.4 Å². The molecule has 0 radical (unpaired) electrons. The molecule has 0 spiro atoms. The fourth-order valence-corrected chi connectivity index (χ4v) is 4.59. The minimum Gasteiger partial charge on any atom is -0.485 e. The number of nitrogens with zero attached hydrogens (tertiary/aromatic N) is 2. The highest BCUT2D eigenvalue weighted by atomic mass is 32.1. The van der Waals surface area contributed by atoms with Crippen molar-refractivity contribution in [1.29, 1.82) is 0 Å². The second kappa shape index (κ2) is 8.80. The summed E-state index contributed by atoms with van der Waals surface area (Å²) in [5.74, 6) is -1.24. The Kier molecular flexibility index (Phi) is 6.08. The average Bonchev–Trinajstić information content (AvgIpc) is 3.41. The average molecular weight is 457 g/mol. The van der Waals surface area contributed by atoms with Gasteiger partial charge in [-0.15, -0.1) is 11.3 Å². The van der Waals surface area contributed by atoms with Crippen molar-refractivity contribution in [2.45, 2.75) is 32.3 Å². The van der Waals surface area contributed by atoms with Crippen LogP contribution in [0.2, 0.25) is 0 Å². The molecule has 0 aliphatic heterocycles. The summed E-state index contributed by atoms with van der Waals surface area (Å²) in [6.45, 7) is 3.10. The molecule has 0 saturated carbocycles. The van der Waals surface area contributed by atoms with Crippen LogP contribution >= 0.6 is 11.3 Å². The zero-order chi connectivity index (χ0) is 22.9. The Hall–Kier alpha value is -3.10. The molecule has 3 heterocycles. The van der Waals surface area contributed by atoms with Crippen LogP contribution in [0.1, 0.15) is 40.0 Å². The van der Waals surface area contributed by atoms with Crippen LogP contribution in [-0.2, 0) is 12.0 Å². The standard InChI is InChI=1S/C24H22F2N2O3S/c1-15-22(19(30)12-24(2,14-29)21-9-5-11-32-21)28-10-4-8-20(23(28)27-15)31-13-16-17(25)6-3-7-18(16)26/h3-11,29H,12-14H2,1-2H3/t24-/m0/s1. The molecule has 1 atom stereocenters. The summed E-state index contributed by atoms with van der Waals surface area (Å²) >= 11 is 1.49. The van der Waals surface area contributed by atoms with Gasteiger partial charge in [-0.25, -0.2) is 13.8 Å². The number of imidazole rings is 1. The molecule has 0 amide bonds. The maximum Gasteiger partial charge on any atom is 0.182 e. The number of aryl methyl sites for hydroxylation is 1. The van der Waals surface area contributed by atoms with Gasteiger partial charge in [0.2, 0.25) is 0 Å². The Morgan fingerprint density at radius 1 is 1.19 bits per heavy atom. The number of Topliss-reactive ketones (excluding diaryl/α,β-unsaturated/α-hetero) is 1. The van der Waals surface area contributed by atoms with Crippen LogP contribution in [0, 0.1) is 18.6 Å². The van der Waals surface area contributed by atoms with Crippen LogP contribution in [0.25, 0.3) is 5.65 Å². The fraction of sp³-hybridized carbons (Fsp3) is 0.250. The van der Waals surface area contributed by atoms with Gasteiger partial charge in [0, 0.05) is 22.9 Å². The molecular formula is C24H22F2N2O3S. The summed E-state index contributed by atoms with van der Waals surface area (Å²) in [5, 5.41) is 11.9. The van der Waals surface area contributed by atoms with Crippen molar-refractivity contribution in [3.8, 4) is 5.75 Å². The Morgan fingerprint density at radius 3 is 2.59 bits per heavy atom. The Labute approximate surface area is 187 Å². The third kappa shape index (κ3) is 4.03. The maximum atomic E-state index is 13.9. The smallest absolute Gasteiger partial charge is 0.182 e. The topological polar surface area (TPSA) is 63.8 Å². The van der Waals surface area contributed by atoms with Gasteiger partial charge in [-0.3, -0.25) is 9.20 Å². The minimum atomic E-state index is -0.710. The molecule has 166 valence electrons. The van der Waals surface area contributed by atoms with E-state index in [1.807, 2.05) is 24.4 Å². The van der Waals surface area contributed by atoms with E-state index in [9.17, 15) is 18.7 Å². The second-order valence-electron chi connectivity index (χ2n) is 7.90. The molecule has 0 aliphatic carbocycles. The third-order valence-electron chi connectivity index (χ3n) is 5.50. The molecule has 0 saturated heterocycles. The van der Waals surface area contributed by atoms with E-state index in [4.69, 9.17) is 4.74 Å². The lowest BCUT2D eigenvalue weighted by Gasteiger charge is -2.25. The number of carbonyl (C=O) groups excluding carboxylic acids is 1. The lowest BCUT2D eigenvalue weighted by molar-refractivity contribution is 0.0914.